The highest BCUT2D eigenvalue weighted by molar-refractivity contribution is 6.10. The van der Waals surface area contributed by atoms with Gasteiger partial charge >= 0.3 is 0 Å². The molecule has 2 N–H and O–H groups in total. The summed E-state index contributed by atoms with van der Waals surface area (Å²) in [5.41, 5.74) is 2.72. The third-order valence-corrected chi connectivity index (χ3v) is 4.34. The van der Waals surface area contributed by atoms with Gasteiger partial charge in [0.15, 0.2) is 5.69 Å². The van der Waals surface area contributed by atoms with Crippen molar-refractivity contribution in [1.29, 1.82) is 0 Å². The molecule has 0 aliphatic rings. The van der Waals surface area contributed by atoms with Crippen LogP contribution in [0.15, 0.2) is 72.9 Å². The number of rotatable bonds is 4. The molecule has 6 nitrogen and oxygen atoms in total. The van der Waals surface area contributed by atoms with Crippen LogP contribution in [0.1, 0.15) is 26.7 Å². The molecule has 0 aliphatic heterocycles. The molecule has 0 fully saturated rings. The number of imidazole rings is 1. The van der Waals surface area contributed by atoms with E-state index in [4.69, 9.17) is 0 Å². The van der Waals surface area contributed by atoms with Gasteiger partial charge in [0.25, 0.3) is 11.8 Å². The summed E-state index contributed by atoms with van der Waals surface area (Å²) < 4.78 is 14.6. The normalized spacial score (nSPS) is 10.7. The van der Waals surface area contributed by atoms with E-state index in [0.717, 1.165) is 5.56 Å². The van der Waals surface area contributed by atoms with Gasteiger partial charge in [-0.05, 0) is 61.0 Å². The Morgan fingerprint density at radius 3 is 2.41 bits per heavy atom. The Bertz CT molecular complexity index is 1220. The number of amides is 2. The number of pyridine rings is 1. The van der Waals surface area contributed by atoms with E-state index < -0.39 is 17.6 Å². The molecule has 4 rings (SSSR count). The molecule has 144 valence electrons. The zero-order chi connectivity index (χ0) is 20.4. The third-order valence-electron chi connectivity index (χ3n) is 4.34. The molecule has 0 saturated heterocycles. The lowest BCUT2D eigenvalue weighted by Crippen LogP contribution is -2.16. The molecule has 0 aliphatic carbocycles. The van der Waals surface area contributed by atoms with Crippen molar-refractivity contribution in [2.24, 2.45) is 0 Å². The van der Waals surface area contributed by atoms with E-state index in [9.17, 15) is 14.0 Å². The molecule has 0 spiro atoms. The topological polar surface area (TPSA) is 75.5 Å². The van der Waals surface area contributed by atoms with Crippen LogP contribution in [0.25, 0.3) is 5.52 Å². The van der Waals surface area contributed by atoms with Crippen molar-refractivity contribution < 1.29 is 14.0 Å². The first kappa shape index (κ1) is 18.4. The first-order valence-corrected chi connectivity index (χ1v) is 8.93. The molecule has 0 atom stereocenters. The van der Waals surface area contributed by atoms with Gasteiger partial charge in [0.2, 0.25) is 5.82 Å². The highest BCUT2D eigenvalue weighted by Crippen LogP contribution is 2.18. The Morgan fingerprint density at radius 1 is 0.897 bits per heavy atom. The second kappa shape index (κ2) is 7.55. The van der Waals surface area contributed by atoms with Gasteiger partial charge in [-0.2, -0.15) is 0 Å². The lowest BCUT2D eigenvalue weighted by Gasteiger charge is -2.04. The number of aryl methyl sites for hydroxylation is 1. The fraction of sp³-hybridized carbons (Fsp3) is 0.0455. The number of aromatic nitrogens is 2. The van der Waals surface area contributed by atoms with Crippen LogP contribution >= 0.6 is 0 Å². The summed E-state index contributed by atoms with van der Waals surface area (Å²) in [5, 5.41) is 5.48. The predicted octanol–water partition coefficient (Wildman–Crippen LogP) is 4.29. The monoisotopic (exact) mass is 388 g/mol. The lowest BCUT2D eigenvalue weighted by atomic mass is 10.2. The molecule has 4 aromatic rings. The highest BCUT2D eigenvalue weighted by Gasteiger charge is 2.21. The average Bonchev–Trinajstić information content (AvgIpc) is 3.10. The number of benzene rings is 2. The number of carbonyl (C=O) groups is 2. The second-order valence-corrected chi connectivity index (χ2v) is 6.52. The minimum Gasteiger partial charge on any atom is -0.321 e. The molecule has 0 radical (unpaired) electrons. The van der Waals surface area contributed by atoms with E-state index in [1.165, 1.54) is 24.3 Å². The van der Waals surface area contributed by atoms with E-state index in [-0.39, 0.29) is 11.5 Å². The number of anilines is 2. The maximum absolute atomic E-state index is 13.1. The van der Waals surface area contributed by atoms with Gasteiger partial charge in [-0.1, -0.05) is 18.2 Å². The quantitative estimate of drug-likeness (QED) is 0.548. The van der Waals surface area contributed by atoms with Crippen LogP contribution in [0.2, 0.25) is 0 Å². The smallest absolute Gasteiger partial charge is 0.292 e. The molecule has 2 aromatic carbocycles. The first-order chi connectivity index (χ1) is 14.0. The fourth-order valence-electron chi connectivity index (χ4n) is 3.00. The summed E-state index contributed by atoms with van der Waals surface area (Å²) in [6.45, 7) is 1.93. The predicted molar refractivity (Wildman–Crippen MR) is 109 cm³/mol. The molecule has 29 heavy (non-hydrogen) atoms. The number of nitrogens with zero attached hydrogens (tertiary/aromatic N) is 2. The molecule has 7 heteroatoms. The van der Waals surface area contributed by atoms with Crippen LogP contribution in [0.5, 0.6) is 0 Å². The van der Waals surface area contributed by atoms with Crippen molar-refractivity contribution in [2.45, 2.75) is 6.92 Å². The minimum atomic E-state index is -0.507. The average molecular weight is 388 g/mol. The van der Waals surface area contributed by atoms with E-state index in [1.54, 1.807) is 34.9 Å². The van der Waals surface area contributed by atoms with E-state index in [0.29, 0.717) is 16.9 Å². The van der Waals surface area contributed by atoms with Crippen molar-refractivity contribution >= 4 is 28.7 Å². The number of hydrogen-bond donors (Lipinski definition) is 2. The number of nitrogens with one attached hydrogen (secondary N) is 2. The van der Waals surface area contributed by atoms with Crippen LogP contribution in [-0.2, 0) is 0 Å². The fourth-order valence-corrected chi connectivity index (χ4v) is 3.00. The maximum Gasteiger partial charge on any atom is 0.292 e. The van der Waals surface area contributed by atoms with Crippen molar-refractivity contribution in [3.05, 3.63) is 95.8 Å². The van der Waals surface area contributed by atoms with E-state index >= 15 is 0 Å². The number of hydrogen-bond acceptors (Lipinski definition) is 3. The summed E-state index contributed by atoms with van der Waals surface area (Å²) in [5.74, 6) is -1.27. The number of carbonyl (C=O) groups excluding carboxylic acids is 2. The van der Waals surface area contributed by atoms with Crippen molar-refractivity contribution in [3.8, 4) is 0 Å². The van der Waals surface area contributed by atoms with Crippen LogP contribution < -0.4 is 10.6 Å². The van der Waals surface area contributed by atoms with Gasteiger partial charge in [-0.3, -0.25) is 14.0 Å². The maximum atomic E-state index is 13.1. The molecular weight excluding hydrogens is 371 g/mol. The largest absolute Gasteiger partial charge is 0.321 e. The second-order valence-electron chi connectivity index (χ2n) is 6.52. The molecule has 2 aromatic heterocycles. The minimum absolute atomic E-state index is 0.0549. The van der Waals surface area contributed by atoms with Crippen LogP contribution in [-0.4, -0.2) is 21.2 Å². The van der Waals surface area contributed by atoms with Crippen LogP contribution in [0, 0.1) is 12.7 Å². The lowest BCUT2D eigenvalue weighted by molar-refractivity contribution is 0.101. The zero-order valence-corrected chi connectivity index (χ0v) is 15.5. The Morgan fingerprint density at radius 2 is 1.66 bits per heavy atom. The van der Waals surface area contributed by atoms with Gasteiger partial charge in [-0.25, -0.2) is 9.37 Å². The Hall–Kier alpha value is -4.00. The SMILES string of the molecule is Cc1cccc(NC(=O)c2nc(C(=O)Nc3ccc(F)cc3)n3ccccc23)c1. The number of halogens is 1. The van der Waals surface area contributed by atoms with Crippen LogP contribution in [0.4, 0.5) is 15.8 Å². The number of fused-ring (bicyclic) bond motifs is 1. The van der Waals surface area contributed by atoms with E-state index in [2.05, 4.69) is 15.6 Å². The van der Waals surface area contributed by atoms with Gasteiger partial charge in [0.05, 0.1) is 5.52 Å². The molecule has 2 heterocycles. The third kappa shape index (κ3) is 3.84. The van der Waals surface area contributed by atoms with Gasteiger partial charge in [0, 0.05) is 17.6 Å². The summed E-state index contributed by atoms with van der Waals surface area (Å²) in [6, 6.07) is 18.0. The van der Waals surface area contributed by atoms with Gasteiger partial charge in [-0.15, -0.1) is 0 Å². The molecule has 0 saturated carbocycles. The molecule has 0 unspecified atom stereocenters. The van der Waals surface area contributed by atoms with Crippen molar-refractivity contribution in [3.63, 3.8) is 0 Å². The summed E-state index contributed by atoms with van der Waals surface area (Å²) in [7, 11) is 0. The standard InChI is InChI=1S/C22H17FN4O2/c1-14-5-4-6-17(13-14)25-21(28)19-18-7-2-3-12-27(18)20(26-19)22(29)24-16-10-8-15(23)9-11-16/h2-13H,1H3,(H,24,29)(H,25,28). The van der Waals surface area contributed by atoms with Gasteiger partial charge in [0.1, 0.15) is 5.82 Å². The summed E-state index contributed by atoms with van der Waals surface area (Å²) >= 11 is 0. The van der Waals surface area contributed by atoms with Gasteiger partial charge < -0.3 is 10.6 Å². The Labute approximate surface area is 166 Å². The Balaban J connectivity index is 1.66. The molecule has 2 amide bonds. The molecule has 0 bridgehead atoms. The first-order valence-electron chi connectivity index (χ1n) is 8.93. The Kier molecular flexibility index (Phi) is 4.78. The molecular formula is C22H17FN4O2. The van der Waals surface area contributed by atoms with Crippen LogP contribution in [0.3, 0.4) is 0 Å². The zero-order valence-electron chi connectivity index (χ0n) is 15.5. The summed E-state index contributed by atoms with van der Waals surface area (Å²) in [6.07, 6.45) is 1.66. The van der Waals surface area contributed by atoms with Crippen molar-refractivity contribution in [1.82, 2.24) is 9.38 Å². The van der Waals surface area contributed by atoms with Crippen molar-refractivity contribution in [2.75, 3.05) is 10.6 Å². The van der Waals surface area contributed by atoms with E-state index in [1.807, 2.05) is 25.1 Å². The highest BCUT2D eigenvalue weighted by atomic mass is 19.1. The summed E-state index contributed by atoms with van der Waals surface area (Å²) in [4.78, 5) is 29.8.